The molecule has 0 unspecified atom stereocenters. The summed E-state index contributed by atoms with van der Waals surface area (Å²) in [6, 6.07) is 18.8. The molecule has 170 valence electrons. The summed E-state index contributed by atoms with van der Waals surface area (Å²) in [4.78, 5) is 5.92. The fourth-order valence-electron chi connectivity index (χ4n) is 4.28. The van der Waals surface area contributed by atoms with Crippen molar-refractivity contribution in [2.24, 2.45) is 0 Å². The zero-order valence-corrected chi connectivity index (χ0v) is 19.2. The van der Waals surface area contributed by atoms with Gasteiger partial charge in [0.15, 0.2) is 5.82 Å². The molecule has 0 spiro atoms. The van der Waals surface area contributed by atoms with Crippen molar-refractivity contribution in [2.45, 2.75) is 12.6 Å². The molecule has 5 rings (SSSR count). The average molecular weight is 465 g/mol. The highest BCUT2D eigenvalue weighted by molar-refractivity contribution is 7.09. The van der Waals surface area contributed by atoms with Crippen molar-refractivity contribution in [2.75, 3.05) is 38.2 Å². The maximum Gasteiger partial charge on any atom is 0.173 e. The number of aromatic nitrogens is 4. The van der Waals surface area contributed by atoms with Gasteiger partial charge in [0.1, 0.15) is 11.6 Å². The number of hydrogen-bond donors (Lipinski definition) is 0. The highest BCUT2D eigenvalue weighted by Crippen LogP contribution is 2.30. The minimum absolute atomic E-state index is 0.159. The number of ether oxygens (including phenoxy) is 1. The maximum absolute atomic E-state index is 13.7. The Balaban J connectivity index is 1.41. The summed E-state index contributed by atoms with van der Waals surface area (Å²) < 4.78 is 20.9. The Kier molecular flexibility index (Phi) is 6.32. The van der Waals surface area contributed by atoms with Crippen molar-refractivity contribution in [1.82, 2.24) is 25.1 Å². The van der Waals surface area contributed by atoms with E-state index in [0.29, 0.717) is 6.54 Å². The van der Waals surface area contributed by atoms with Crippen LogP contribution in [-0.2, 0) is 6.54 Å². The van der Waals surface area contributed by atoms with E-state index in [0.717, 1.165) is 49.0 Å². The summed E-state index contributed by atoms with van der Waals surface area (Å²) in [7, 11) is 1.69. The first-order valence-corrected chi connectivity index (χ1v) is 11.8. The van der Waals surface area contributed by atoms with Gasteiger partial charge in [-0.05, 0) is 51.7 Å². The van der Waals surface area contributed by atoms with E-state index in [1.54, 1.807) is 18.4 Å². The molecule has 2 aromatic heterocycles. The highest BCUT2D eigenvalue weighted by Gasteiger charge is 2.31. The third-order valence-corrected chi connectivity index (χ3v) is 6.83. The summed E-state index contributed by atoms with van der Waals surface area (Å²) >= 11 is 1.68. The molecule has 7 nitrogen and oxygen atoms in total. The lowest BCUT2D eigenvalue weighted by Gasteiger charge is -2.40. The fraction of sp³-hybridized carbons (Fsp3) is 0.292. The first-order valence-electron chi connectivity index (χ1n) is 10.9. The monoisotopic (exact) mass is 464 g/mol. The summed E-state index contributed by atoms with van der Waals surface area (Å²) in [5, 5.41) is 14.7. The van der Waals surface area contributed by atoms with Gasteiger partial charge in [-0.3, -0.25) is 4.90 Å². The number of halogens is 1. The first-order chi connectivity index (χ1) is 16.2. The second-order valence-corrected chi connectivity index (χ2v) is 8.98. The molecular weight excluding hydrogens is 439 g/mol. The number of thiophene rings is 1. The Morgan fingerprint density at radius 1 is 1.03 bits per heavy atom. The molecule has 0 radical (unpaired) electrons. The topological polar surface area (TPSA) is 59.3 Å². The van der Waals surface area contributed by atoms with Crippen molar-refractivity contribution >= 4 is 17.0 Å². The van der Waals surface area contributed by atoms with Gasteiger partial charge in [0, 0.05) is 42.8 Å². The standard InChI is InChI=1S/C24H25FN6OS/c1-32-21-5-2-4-20(16-21)29-11-13-30(14-12-29)23(18-7-9-19(25)10-8-18)24-26-27-28-31(24)17-22-6-3-15-33-22/h2-10,15-16,23H,11-14,17H2,1H3/t23-/m0/s1. The second-order valence-electron chi connectivity index (χ2n) is 7.95. The Morgan fingerprint density at radius 3 is 2.58 bits per heavy atom. The van der Waals surface area contributed by atoms with Gasteiger partial charge in [0.05, 0.1) is 19.7 Å². The van der Waals surface area contributed by atoms with Gasteiger partial charge in [-0.25, -0.2) is 9.07 Å². The molecule has 3 heterocycles. The minimum Gasteiger partial charge on any atom is -0.497 e. The summed E-state index contributed by atoms with van der Waals surface area (Å²) in [6.45, 7) is 3.98. The van der Waals surface area contributed by atoms with Crippen LogP contribution in [0, 0.1) is 5.82 Å². The normalized spacial score (nSPS) is 15.5. The molecule has 4 aromatic rings. The Hall–Kier alpha value is -3.30. The molecule has 2 aromatic carbocycles. The lowest BCUT2D eigenvalue weighted by atomic mass is 10.0. The van der Waals surface area contributed by atoms with Crippen molar-refractivity contribution in [1.29, 1.82) is 0 Å². The van der Waals surface area contributed by atoms with Crippen molar-refractivity contribution < 1.29 is 9.13 Å². The van der Waals surface area contributed by atoms with Crippen LogP contribution in [0.25, 0.3) is 0 Å². The Labute approximate surface area is 196 Å². The van der Waals surface area contributed by atoms with Gasteiger partial charge < -0.3 is 9.64 Å². The zero-order chi connectivity index (χ0) is 22.6. The predicted octanol–water partition coefficient (Wildman–Crippen LogP) is 3.84. The van der Waals surface area contributed by atoms with Gasteiger partial charge in [0.2, 0.25) is 0 Å². The smallest absolute Gasteiger partial charge is 0.173 e. The number of rotatable bonds is 7. The summed E-state index contributed by atoms with van der Waals surface area (Å²) in [5.74, 6) is 1.37. The molecule has 33 heavy (non-hydrogen) atoms. The molecule has 0 N–H and O–H groups in total. The molecule has 1 saturated heterocycles. The van der Waals surface area contributed by atoms with E-state index in [1.807, 2.05) is 35.0 Å². The molecule has 1 aliphatic rings. The van der Waals surface area contributed by atoms with Gasteiger partial charge in [0.25, 0.3) is 0 Å². The lowest BCUT2D eigenvalue weighted by Crippen LogP contribution is -2.48. The number of methoxy groups -OCH3 is 1. The van der Waals surface area contributed by atoms with E-state index < -0.39 is 0 Å². The third kappa shape index (κ3) is 4.74. The molecule has 1 fully saturated rings. The van der Waals surface area contributed by atoms with Gasteiger partial charge in [-0.15, -0.1) is 16.4 Å². The first kappa shape index (κ1) is 21.5. The zero-order valence-electron chi connectivity index (χ0n) is 18.3. The van der Waals surface area contributed by atoms with E-state index in [4.69, 9.17) is 4.74 Å². The van der Waals surface area contributed by atoms with Crippen LogP contribution in [0.4, 0.5) is 10.1 Å². The Morgan fingerprint density at radius 2 is 1.85 bits per heavy atom. The minimum atomic E-state index is -0.251. The molecule has 0 saturated carbocycles. The fourth-order valence-corrected chi connectivity index (χ4v) is 4.97. The second kappa shape index (κ2) is 9.68. The maximum atomic E-state index is 13.7. The molecule has 0 amide bonds. The van der Waals surface area contributed by atoms with E-state index in [1.165, 1.54) is 17.0 Å². The van der Waals surface area contributed by atoms with Crippen LogP contribution in [-0.4, -0.2) is 58.4 Å². The van der Waals surface area contributed by atoms with Crippen molar-refractivity contribution in [3.63, 3.8) is 0 Å². The number of nitrogens with zero attached hydrogens (tertiary/aromatic N) is 6. The third-order valence-electron chi connectivity index (χ3n) is 5.97. The number of hydrogen-bond acceptors (Lipinski definition) is 7. The van der Waals surface area contributed by atoms with E-state index in [-0.39, 0.29) is 11.9 Å². The lowest BCUT2D eigenvalue weighted by molar-refractivity contribution is 0.201. The van der Waals surface area contributed by atoms with Gasteiger partial charge in [-0.1, -0.05) is 24.3 Å². The quantitative estimate of drug-likeness (QED) is 0.414. The van der Waals surface area contributed by atoms with Crippen LogP contribution in [0.2, 0.25) is 0 Å². The van der Waals surface area contributed by atoms with Gasteiger partial charge >= 0.3 is 0 Å². The van der Waals surface area contributed by atoms with Crippen LogP contribution < -0.4 is 9.64 Å². The average Bonchev–Trinajstić information content (AvgIpc) is 3.54. The van der Waals surface area contributed by atoms with Gasteiger partial charge in [-0.2, -0.15) is 0 Å². The van der Waals surface area contributed by atoms with E-state index in [2.05, 4.69) is 48.9 Å². The molecule has 1 aliphatic heterocycles. The van der Waals surface area contributed by atoms with Crippen LogP contribution in [0.15, 0.2) is 66.0 Å². The molecular formula is C24H25FN6OS. The van der Waals surface area contributed by atoms with E-state index in [9.17, 15) is 4.39 Å². The number of anilines is 1. The molecule has 0 bridgehead atoms. The Bertz CT molecular complexity index is 1170. The number of tetrazole rings is 1. The molecule has 9 heteroatoms. The summed E-state index contributed by atoms with van der Waals surface area (Å²) in [5.41, 5.74) is 2.13. The van der Waals surface area contributed by atoms with Crippen molar-refractivity contribution in [3.8, 4) is 5.75 Å². The van der Waals surface area contributed by atoms with Crippen molar-refractivity contribution in [3.05, 3.63) is 88.1 Å². The van der Waals surface area contributed by atoms with E-state index >= 15 is 0 Å². The molecule has 1 atom stereocenters. The largest absolute Gasteiger partial charge is 0.497 e. The number of piperazine rings is 1. The SMILES string of the molecule is COc1cccc(N2CCN([C@@H](c3ccc(F)cc3)c3nnnn3Cc3cccs3)CC2)c1. The summed E-state index contributed by atoms with van der Waals surface area (Å²) in [6.07, 6.45) is 0. The van der Waals surface area contributed by atoms with Crippen LogP contribution in [0.3, 0.4) is 0 Å². The molecule has 0 aliphatic carbocycles. The van der Waals surface area contributed by atoms with Crippen LogP contribution >= 0.6 is 11.3 Å². The predicted molar refractivity (Wildman–Crippen MR) is 126 cm³/mol. The highest BCUT2D eigenvalue weighted by atomic mass is 32.1. The van der Waals surface area contributed by atoms with Crippen LogP contribution in [0.1, 0.15) is 22.3 Å². The number of benzene rings is 2. The van der Waals surface area contributed by atoms with Crippen LogP contribution in [0.5, 0.6) is 5.75 Å².